The molecular weight excluding hydrogens is 457 g/mol. The third kappa shape index (κ3) is 5.68. The van der Waals surface area contributed by atoms with Crippen molar-refractivity contribution in [3.8, 4) is 0 Å². The molecule has 2 aliphatic rings. The summed E-state index contributed by atoms with van der Waals surface area (Å²) in [5.41, 5.74) is 1.14. The number of halogens is 1. The maximum absolute atomic E-state index is 12.6. The monoisotopic (exact) mass is 485 g/mol. The smallest absolute Gasteiger partial charge is 0.286 e. The average Bonchev–Trinajstić information content (AvgIpc) is 3.50. The lowest BCUT2D eigenvalue weighted by atomic mass is 9.80. The molecule has 6 heteroatoms. The first-order valence-electron chi connectivity index (χ1n) is 9.77. The molecule has 3 rings (SSSR count). The molecule has 0 spiro atoms. The number of allylic oxidation sites excluding steroid dienone is 1. The molecule has 1 amide bonds. The van der Waals surface area contributed by atoms with Gasteiger partial charge < -0.3 is 19.9 Å². The Balaban J connectivity index is 1.86. The Morgan fingerprint density at radius 2 is 2.07 bits per heavy atom. The topological polar surface area (TPSA) is 67.8 Å². The average molecular weight is 485 g/mol. The molecule has 0 bridgehead atoms. The van der Waals surface area contributed by atoms with Gasteiger partial charge in [0.25, 0.3) is 5.91 Å². The van der Waals surface area contributed by atoms with Crippen molar-refractivity contribution < 1.29 is 19.4 Å². The van der Waals surface area contributed by atoms with Gasteiger partial charge in [0.2, 0.25) is 6.29 Å². The largest absolute Gasteiger partial charge is 0.459 e. The summed E-state index contributed by atoms with van der Waals surface area (Å²) in [6.45, 7) is 3.28. The van der Waals surface area contributed by atoms with Gasteiger partial charge in [-0.1, -0.05) is 12.1 Å². The van der Waals surface area contributed by atoms with E-state index < -0.39 is 6.29 Å². The fourth-order valence-electron chi connectivity index (χ4n) is 3.48. The van der Waals surface area contributed by atoms with Gasteiger partial charge in [0.15, 0.2) is 5.76 Å². The fourth-order valence-corrected chi connectivity index (χ4v) is 3.84. The molecule has 1 aromatic rings. The van der Waals surface area contributed by atoms with Crippen LogP contribution in [0.4, 0.5) is 0 Å². The van der Waals surface area contributed by atoms with Crippen LogP contribution < -0.4 is 5.32 Å². The molecule has 1 saturated carbocycles. The first-order valence-corrected chi connectivity index (χ1v) is 10.8. The van der Waals surface area contributed by atoms with Gasteiger partial charge in [-0.2, -0.15) is 0 Å². The molecule has 148 valence electrons. The molecule has 1 aromatic carbocycles. The van der Waals surface area contributed by atoms with Crippen molar-refractivity contribution in [2.75, 3.05) is 19.8 Å². The standard InChI is InChI=1S/C21H28INO4/c1-2-26-21-17(4-3-11-24)18(15-7-9-16(22)10-8-15)12-19(27-21)20(25)23-13-14-5-6-14/h7-10,12,14,17-18,21,24H,2-6,11,13H2,1H3,(H,23,25)/t17-,18+,21+/m0/s1. The van der Waals surface area contributed by atoms with Crippen molar-refractivity contribution >= 4 is 28.5 Å². The van der Waals surface area contributed by atoms with Gasteiger partial charge in [-0.15, -0.1) is 0 Å². The zero-order chi connectivity index (χ0) is 19.2. The molecular formula is C21H28INO4. The van der Waals surface area contributed by atoms with E-state index in [1.807, 2.05) is 13.0 Å². The first kappa shape index (κ1) is 20.6. The van der Waals surface area contributed by atoms with E-state index in [2.05, 4.69) is 52.2 Å². The highest BCUT2D eigenvalue weighted by atomic mass is 127. The summed E-state index contributed by atoms with van der Waals surface area (Å²) < 4.78 is 13.0. The molecule has 1 heterocycles. The second kappa shape index (κ2) is 9.89. The number of hydrogen-bond acceptors (Lipinski definition) is 4. The highest BCUT2D eigenvalue weighted by Gasteiger charge is 2.38. The van der Waals surface area contributed by atoms with E-state index in [0.29, 0.717) is 31.2 Å². The quantitative estimate of drug-likeness (QED) is 0.525. The first-order chi connectivity index (χ1) is 13.1. The zero-order valence-corrected chi connectivity index (χ0v) is 17.9. The summed E-state index contributed by atoms with van der Waals surface area (Å²) in [5, 5.41) is 12.3. The van der Waals surface area contributed by atoms with E-state index in [-0.39, 0.29) is 24.3 Å². The summed E-state index contributed by atoms with van der Waals surface area (Å²) in [6.07, 6.45) is 5.27. The maximum Gasteiger partial charge on any atom is 0.286 e. The van der Waals surface area contributed by atoms with E-state index in [1.54, 1.807) is 0 Å². The lowest BCUT2D eigenvalue weighted by Gasteiger charge is -2.37. The Hall–Kier alpha value is -1.12. The summed E-state index contributed by atoms with van der Waals surface area (Å²) in [7, 11) is 0. The van der Waals surface area contributed by atoms with Crippen LogP contribution in [0.3, 0.4) is 0 Å². The third-order valence-corrected chi connectivity index (χ3v) is 5.86. The number of carbonyl (C=O) groups excluding carboxylic acids is 1. The van der Waals surface area contributed by atoms with Crippen molar-refractivity contribution in [2.45, 2.75) is 44.8 Å². The minimum atomic E-state index is -0.488. The molecule has 0 aromatic heterocycles. The van der Waals surface area contributed by atoms with Gasteiger partial charge in [-0.25, -0.2) is 0 Å². The molecule has 2 N–H and O–H groups in total. The van der Waals surface area contributed by atoms with E-state index in [0.717, 1.165) is 12.0 Å². The maximum atomic E-state index is 12.6. The number of carbonyl (C=O) groups is 1. The predicted molar refractivity (Wildman–Crippen MR) is 112 cm³/mol. The number of aliphatic hydroxyl groups is 1. The highest BCUT2D eigenvalue weighted by Crippen LogP contribution is 2.39. The second-order valence-corrected chi connectivity index (χ2v) is 8.48. The van der Waals surface area contributed by atoms with Crippen LogP contribution in [0.25, 0.3) is 0 Å². The lowest BCUT2D eigenvalue weighted by molar-refractivity contribution is -0.166. The summed E-state index contributed by atoms with van der Waals surface area (Å²) in [6, 6.07) is 8.35. The summed E-state index contributed by atoms with van der Waals surface area (Å²) in [4.78, 5) is 12.6. The van der Waals surface area contributed by atoms with Gasteiger partial charge >= 0.3 is 0 Å². The van der Waals surface area contributed by atoms with Gasteiger partial charge in [-0.3, -0.25) is 4.79 Å². The molecule has 0 unspecified atom stereocenters. The molecule has 27 heavy (non-hydrogen) atoms. The van der Waals surface area contributed by atoms with Gasteiger partial charge in [0, 0.05) is 35.2 Å². The van der Waals surface area contributed by atoms with Crippen LogP contribution in [0.15, 0.2) is 36.1 Å². The normalized spacial score (nSPS) is 24.9. The van der Waals surface area contributed by atoms with E-state index >= 15 is 0 Å². The zero-order valence-electron chi connectivity index (χ0n) is 15.7. The Kier molecular flexibility index (Phi) is 7.55. The number of rotatable bonds is 9. The van der Waals surface area contributed by atoms with Crippen LogP contribution in [-0.4, -0.2) is 37.1 Å². The molecule has 0 radical (unpaired) electrons. The van der Waals surface area contributed by atoms with Crippen molar-refractivity contribution in [1.29, 1.82) is 0 Å². The van der Waals surface area contributed by atoms with Crippen LogP contribution in [0.1, 0.15) is 44.1 Å². The number of aliphatic hydroxyl groups excluding tert-OH is 1. The van der Waals surface area contributed by atoms with Gasteiger partial charge in [-0.05, 0) is 84.9 Å². The molecule has 1 aliphatic carbocycles. The number of hydrogen-bond donors (Lipinski definition) is 2. The summed E-state index contributed by atoms with van der Waals surface area (Å²) >= 11 is 2.29. The van der Waals surface area contributed by atoms with Crippen molar-refractivity contribution in [3.05, 3.63) is 45.2 Å². The molecule has 1 aliphatic heterocycles. The highest BCUT2D eigenvalue weighted by molar-refractivity contribution is 14.1. The van der Waals surface area contributed by atoms with Gasteiger partial charge in [0.05, 0.1) is 0 Å². The summed E-state index contributed by atoms with van der Waals surface area (Å²) in [5.74, 6) is 0.864. The molecule has 0 saturated heterocycles. The van der Waals surface area contributed by atoms with E-state index in [9.17, 15) is 9.90 Å². The van der Waals surface area contributed by atoms with Crippen LogP contribution in [0, 0.1) is 15.4 Å². The van der Waals surface area contributed by atoms with Crippen molar-refractivity contribution in [2.24, 2.45) is 11.8 Å². The lowest BCUT2D eigenvalue weighted by Crippen LogP contribution is -2.39. The second-order valence-electron chi connectivity index (χ2n) is 7.23. The minimum Gasteiger partial charge on any atom is -0.459 e. The van der Waals surface area contributed by atoms with Crippen molar-refractivity contribution in [3.63, 3.8) is 0 Å². The Morgan fingerprint density at radius 1 is 1.33 bits per heavy atom. The number of nitrogens with one attached hydrogen (secondary N) is 1. The number of ether oxygens (including phenoxy) is 2. The van der Waals surface area contributed by atoms with Crippen LogP contribution in [0.5, 0.6) is 0 Å². The number of amides is 1. The Labute approximate surface area is 174 Å². The van der Waals surface area contributed by atoms with E-state index in [4.69, 9.17) is 9.47 Å². The van der Waals surface area contributed by atoms with E-state index in [1.165, 1.54) is 16.4 Å². The number of benzene rings is 1. The van der Waals surface area contributed by atoms with Crippen LogP contribution in [0.2, 0.25) is 0 Å². The Morgan fingerprint density at radius 3 is 2.70 bits per heavy atom. The van der Waals surface area contributed by atoms with Crippen molar-refractivity contribution in [1.82, 2.24) is 5.32 Å². The minimum absolute atomic E-state index is 0.0144. The SMILES string of the molecule is CCO[C@@H]1OC(C(=O)NCC2CC2)=C[C@H](c2ccc(I)cc2)[C@@H]1CCCO. The molecule has 1 fully saturated rings. The Bertz CT molecular complexity index is 657. The molecule has 3 atom stereocenters. The van der Waals surface area contributed by atoms with Gasteiger partial charge in [0.1, 0.15) is 0 Å². The van der Waals surface area contributed by atoms with Crippen LogP contribution >= 0.6 is 22.6 Å². The van der Waals surface area contributed by atoms with Crippen LogP contribution in [-0.2, 0) is 14.3 Å². The predicted octanol–water partition coefficient (Wildman–Crippen LogP) is 3.57. The fraction of sp³-hybridized carbons (Fsp3) is 0.571. The molecule has 5 nitrogen and oxygen atoms in total. The third-order valence-electron chi connectivity index (χ3n) is 5.14.